The summed E-state index contributed by atoms with van der Waals surface area (Å²) in [5, 5.41) is 8.82. The summed E-state index contributed by atoms with van der Waals surface area (Å²) in [6.07, 6.45) is 0.296. The van der Waals surface area contributed by atoms with E-state index in [4.69, 9.17) is 0 Å². The molecular formula is C24H25FN4O. The Balaban J connectivity index is 1.35. The molecule has 0 saturated carbocycles. The molecule has 3 aromatic rings. The molecule has 1 aliphatic heterocycles. The van der Waals surface area contributed by atoms with Gasteiger partial charge in [0.2, 0.25) is 5.91 Å². The maximum absolute atomic E-state index is 13.0. The molecule has 1 aromatic heterocycles. The van der Waals surface area contributed by atoms with Crippen LogP contribution in [-0.4, -0.2) is 47.2 Å². The van der Waals surface area contributed by atoms with E-state index in [0.29, 0.717) is 32.6 Å². The molecule has 0 N–H and O–H groups in total. The van der Waals surface area contributed by atoms with Gasteiger partial charge in [0.1, 0.15) is 5.82 Å². The summed E-state index contributed by atoms with van der Waals surface area (Å²) in [6.45, 7) is 6.90. The average molecular weight is 404 g/mol. The van der Waals surface area contributed by atoms with Gasteiger partial charge in [0, 0.05) is 31.7 Å². The minimum atomic E-state index is -0.288. The number of rotatable bonds is 4. The summed E-state index contributed by atoms with van der Waals surface area (Å²) >= 11 is 0. The Hall–Kier alpha value is -3.28. The zero-order valence-corrected chi connectivity index (χ0v) is 17.3. The van der Waals surface area contributed by atoms with Crippen LogP contribution in [-0.2, 0) is 11.2 Å². The number of nitrogens with zero attached hydrogens (tertiary/aromatic N) is 4. The van der Waals surface area contributed by atoms with Crippen LogP contribution in [0.15, 0.2) is 54.6 Å². The number of hydrogen-bond acceptors (Lipinski definition) is 4. The van der Waals surface area contributed by atoms with Crippen LogP contribution in [0.3, 0.4) is 0 Å². The number of carbonyl (C=O) groups excluding carboxylic acids is 1. The maximum Gasteiger partial charge on any atom is 0.227 e. The predicted molar refractivity (Wildman–Crippen MR) is 116 cm³/mol. The van der Waals surface area contributed by atoms with Crippen LogP contribution < -0.4 is 4.90 Å². The van der Waals surface area contributed by atoms with Gasteiger partial charge in [-0.2, -0.15) is 0 Å². The number of aromatic nitrogens is 2. The zero-order chi connectivity index (χ0) is 21.1. The van der Waals surface area contributed by atoms with Gasteiger partial charge in [0.15, 0.2) is 5.82 Å². The highest BCUT2D eigenvalue weighted by atomic mass is 19.1. The molecule has 2 heterocycles. The quantitative estimate of drug-likeness (QED) is 0.664. The fraction of sp³-hybridized carbons (Fsp3) is 0.292. The van der Waals surface area contributed by atoms with Crippen LogP contribution >= 0.6 is 0 Å². The molecule has 1 amide bonds. The van der Waals surface area contributed by atoms with Crippen LogP contribution in [0.4, 0.5) is 10.2 Å². The van der Waals surface area contributed by atoms with Crippen LogP contribution in [0, 0.1) is 19.7 Å². The van der Waals surface area contributed by atoms with Crippen LogP contribution in [0.25, 0.3) is 11.3 Å². The van der Waals surface area contributed by atoms with Crippen molar-refractivity contribution in [2.24, 2.45) is 0 Å². The number of halogens is 1. The highest BCUT2D eigenvalue weighted by Crippen LogP contribution is 2.22. The van der Waals surface area contributed by atoms with Crippen LogP contribution in [0.2, 0.25) is 0 Å². The molecule has 1 saturated heterocycles. The average Bonchev–Trinajstić information content (AvgIpc) is 2.77. The Morgan fingerprint density at radius 1 is 0.900 bits per heavy atom. The van der Waals surface area contributed by atoms with Crippen molar-refractivity contribution in [3.63, 3.8) is 0 Å². The third-order valence-corrected chi connectivity index (χ3v) is 5.68. The lowest BCUT2D eigenvalue weighted by molar-refractivity contribution is -0.130. The Kier molecular flexibility index (Phi) is 5.74. The first-order valence-electron chi connectivity index (χ1n) is 10.2. The van der Waals surface area contributed by atoms with E-state index in [2.05, 4.69) is 47.1 Å². The number of anilines is 1. The molecule has 1 aliphatic rings. The smallest absolute Gasteiger partial charge is 0.227 e. The number of hydrogen-bond donors (Lipinski definition) is 0. The molecule has 154 valence electrons. The summed E-state index contributed by atoms with van der Waals surface area (Å²) in [5.74, 6) is 0.607. The molecule has 0 radical (unpaired) electrons. The standard InChI is InChI=1S/C24H25FN4O/c1-17-3-6-20(15-18(17)2)22-9-10-23(27-26-22)28-11-13-29(14-12-28)24(30)16-19-4-7-21(25)8-5-19/h3-10,15H,11-14,16H2,1-2H3. The van der Waals surface area contributed by atoms with Gasteiger partial charge in [-0.05, 0) is 60.9 Å². The van der Waals surface area contributed by atoms with E-state index in [9.17, 15) is 9.18 Å². The number of benzene rings is 2. The fourth-order valence-electron chi connectivity index (χ4n) is 3.62. The van der Waals surface area contributed by atoms with Gasteiger partial charge >= 0.3 is 0 Å². The molecular weight excluding hydrogens is 379 g/mol. The van der Waals surface area contributed by atoms with Crippen molar-refractivity contribution in [2.45, 2.75) is 20.3 Å². The monoisotopic (exact) mass is 404 g/mol. The first-order chi connectivity index (χ1) is 14.5. The SMILES string of the molecule is Cc1ccc(-c2ccc(N3CCN(C(=O)Cc4ccc(F)cc4)CC3)nn2)cc1C. The second kappa shape index (κ2) is 8.61. The van der Waals surface area contributed by atoms with Gasteiger partial charge in [0.05, 0.1) is 12.1 Å². The molecule has 1 fully saturated rings. The first kappa shape index (κ1) is 20.0. The molecule has 5 nitrogen and oxygen atoms in total. The second-order valence-corrected chi connectivity index (χ2v) is 7.75. The Morgan fingerprint density at radius 3 is 2.27 bits per heavy atom. The van der Waals surface area contributed by atoms with Gasteiger partial charge in [-0.25, -0.2) is 4.39 Å². The van der Waals surface area contributed by atoms with Gasteiger partial charge in [-0.3, -0.25) is 4.79 Å². The molecule has 6 heteroatoms. The second-order valence-electron chi connectivity index (χ2n) is 7.75. The minimum Gasteiger partial charge on any atom is -0.352 e. The lowest BCUT2D eigenvalue weighted by atomic mass is 10.0. The highest BCUT2D eigenvalue weighted by Gasteiger charge is 2.22. The molecule has 30 heavy (non-hydrogen) atoms. The molecule has 0 spiro atoms. The lowest BCUT2D eigenvalue weighted by Gasteiger charge is -2.35. The van der Waals surface area contributed by atoms with Crippen LogP contribution in [0.5, 0.6) is 0 Å². The summed E-state index contributed by atoms with van der Waals surface area (Å²) in [5.41, 5.74) is 5.25. The van der Waals surface area contributed by atoms with Crippen molar-refractivity contribution in [1.29, 1.82) is 0 Å². The van der Waals surface area contributed by atoms with E-state index in [1.54, 1.807) is 12.1 Å². The van der Waals surface area contributed by atoms with E-state index in [0.717, 1.165) is 22.6 Å². The number of aryl methyl sites for hydroxylation is 2. The molecule has 0 unspecified atom stereocenters. The molecule has 0 atom stereocenters. The zero-order valence-electron chi connectivity index (χ0n) is 17.3. The third kappa shape index (κ3) is 4.48. The molecule has 0 bridgehead atoms. The van der Waals surface area contributed by atoms with Crippen molar-refractivity contribution < 1.29 is 9.18 Å². The Labute approximate surface area is 176 Å². The topological polar surface area (TPSA) is 49.3 Å². The van der Waals surface area contributed by atoms with E-state index in [1.165, 1.54) is 23.3 Å². The van der Waals surface area contributed by atoms with Gasteiger partial charge in [-0.1, -0.05) is 24.3 Å². The van der Waals surface area contributed by atoms with E-state index in [-0.39, 0.29) is 11.7 Å². The summed E-state index contributed by atoms with van der Waals surface area (Å²) < 4.78 is 13.0. The predicted octanol–water partition coefficient (Wildman–Crippen LogP) is 3.79. The maximum atomic E-state index is 13.0. The molecule has 0 aliphatic carbocycles. The van der Waals surface area contributed by atoms with E-state index < -0.39 is 0 Å². The number of carbonyl (C=O) groups is 1. The van der Waals surface area contributed by atoms with Gasteiger partial charge < -0.3 is 9.80 Å². The van der Waals surface area contributed by atoms with Crippen molar-refractivity contribution in [2.75, 3.05) is 31.1 Å². The van der Waals surface area contributed by atoms with Gasteiger partial charge in [-0.15, -0.1) is 10.2 Å². The van der Waals surface area contributed by atoms with Gasteiger partial charge in [0.25, 0.3) is 0 Å². The summed E-state index contributed by atoms with van der Waals surface area (Å²) in [4.78, 5) is 16.5. The summed E-state index contributed by atoms with van der Waals surface area (Å²) in [6, 6.07) is 16.4. The molecule has 2 aromatic carbocycles. The van der Waals surface area contributed by atoms with E-state index in [1.807, 2.05) is 17.0 Å². The van der Waals surface area contributed by atoms with Crippen molar-refractivity contribution >= 4 is 11.7 Å². The molecule has 4 rings (SSSR count). The van der Waals surface area contributed by atoms with Crippen LogP contribution in [0.1, 0.15) is 16.7 Å². The van der Waals surface area contributed by atoms with Crippen molar-refractivity contribution in [3.8, 4) is 11.3 Å². The lowest BCUT2D eigenvalue weighted by Crippen LogP contribution is -2.49. The fourth-order valence-corrected chi connectivity index (χ4v) is 3.62. The first-order valence-corrected chi connectivity index (χ1v) is 10.2. The number of piperazine rings is 1. The highest BCUT2D eigenvalue weighted by molar-refractivity contribution is 5.79. The normalized spacial score (nSPS) is 14.1. The largest absolute Gasteiger partial charge is 0.352 e. The van der Waals surface area contributed by atoms with Crippen molar-refractivity contribution in [3.05, 3.63) is 77.1 Å². The Bertz CT molecular complexity index is 1030. The number of amides is 1. The Morgan fingerprint density at radius 2 is 1.63 bits per heavy atom. The third-order valence-electron chi connectivity index (χ3n) is 5.68. The summed E-state index contributed by atoms with van der Waals surface area (Å²) in [7, 11) is 0. The van der Waals surface area contributed by atoms with E-state index >= 15 is 0 Å². The minimum absolute atomic E-state index is 0.0671. The van der Waals surface area contributed by atoms with Crippen molar-refractivity contribution in [1.82, 2.24) is 15.1 Å².